The van der Waals surface area contributed by atoms with Gasteiger partial charge in [0.25, 0.3) is 0 Å². The molecule has 2 rings (SSSR count). The molecule has 0 aliphatic heterocycles. The highest BCUT2D eigenvalue weighted by molar-refractivity contribution is 7.92. The van der Waals surface area contributed by atoms with Crippen LogP contribution in [0.1, 0.15) is 17.3 Å². The normalized spacial score (nSPS) is 11.0. The Kier molecular flexibility index (Phi) is 7.29. The van der Waals surface area contributed by atoms with Crippen LogP contribution in [0, 0.1) is 0 Å². The van der Waals surface area contributed by atoms with E-state index in [-0.39, 0.29) is 28.6 Å². The van der Waals surface area contributed by atoms with E-state index < -0.39 is 28.4 Å². The Morgan fingerprint density at radius 3 is 2.46 bits per heavy atom. The first kappa shape index (κ1) is 22.0. The number of sulfonamides is 1. The molecule has 0 aliphatic rings. The molecule has 0 unspecified atom stereocenters. The summed E-state index contributed by atoms with van der Waals surface area (Å²) in [6.45, 7) is 1.36. The number of carbonyl (C=O) groups excluding carboxylic acids is 2. The largest absolute Gasteiger partial charge is 0.462 e. The fourth-order valence-electron chi connectivity index (χ4n) is 2.33. The summed E-state index contributed by atoms with van der Waals surface area (Å²) in [5.41, 5.74) is 0.626. The molecule has 0 saturated heterocycles. The molecular formula is C18H18Cl2N2O5S. The first-order chi connectivity index (χ1) is 13.1. The van der Waals surface area contributed by atoms with Gasteiger partial charge in [-0.05, 0) is 43.3 Å². The van der Waals surface area contributed by atoms with Crippen LogP contribution in [-0.4, -0.2) is 39.7 Å². The van der Waals surface area contributed by atoms with Crippen LogP contribution in [0.15, 0.2) is 42.5 Å². The molecule has 28 heavy (non-hydrogen) atoms. The fraction of sp³-hybridized carbons (Fsp3) is 0.222. The second kappa shape index (κ2) is 9.27. The quantitative estimate of drug-likeness (QED) is 0.658. The highest BCUT2D eigenvalue weighted by atomic mass is 35.5. The van der Waals surface area contributed by atoms with Gasteiger partial charge in [-0.25, -0.2) is 13.2 Å². The van der Waals surface area contributed by atoms with E-state index in [1.165, 1.54) is 30.3 Å². The van der Waals surface area contributed by atoms with E-state index >= 15 is 0 Å². The number of halogens is 2. The van der Waals surface area contributed by atoms with Crippen LogP contribution < -0.4 is 9.62 Å². The zero-order valence-electron chi connectivity index (χ0n) is 15.1. The minimum Gasteiger partial charge on any atom is -0.462 e. The third-order valence-corrected chi connectivity index (χ3v) is 5.23. The topological polar surface area (TPSA) is 92.8 Å². The number of amides is 1. The Morgan fingerprint density at radius 1 is 1.14 bits per heavy atom. The zero-order chi connectivity index (χ0) is 20.9. The monoisotopic (exact) mass is 444 g/mol. The van der Waals surface area contributed by atoms with E-state index in [0.717, 1.165) is 10.6 Å². The molecule has 2 aromatic rings. The third kappa shape index (κ3) is 5.85. The number of benzene rings is 2. The summed E-state index contributed by atoms with van der Waals surface area (Å²) in [4.78, 5) is 24.3. The average molecular weight is 445 g/mol. The molecule has 0 radical (unpaired) electrons. The van der Waals surface area contributed by atoms with E-state index in [2.05, 4.69) is 5.32 Å². The molecule has 1 N–H and O–H groups in total. The van der Waals surface area contributed by atoms with Gasteiger partial charge in [0, 0.05) is 10.7 Å². The van der Waals surface area contributed by atoms with Crippen molar-refractivity contribution in [1.29, 1.82) is 0 Å². The van der Waals surface area contributed by atoms with Gasteiger partial charge in [-0.15, -0.1) is 0 Å². The number of nitrogens with zero attached hydrogens (tertiary/aromatic N) is 1. The van der Waals surface area contributed by atoms with Crippen molar-refractivity contribution in [2.24, 2.45) is 0 Å². The summed E-state index contributed by atoms with van der Waals surface area (Å²) in [7, 11) is -3.74. The molecule has 1 amide bonds. The lowest BCUT2D eigenvalue weighted by atomic mass is 10.2. The number of anilines is 2. The number of carbonyl (C=O) groups is 2. The lowest BCUT2D eigenvalue weighted by Crippen LogP contribution is -2.37. The van der Waals surface area contributed by atoms with Crippen LogP contribution >= 0.6 is 23.2 Å². The van der Waals surface area contributed by atoms with Crippen molar-refractivity contribution >= 4 is 56.5 Å². The molecule has 7 nitrogen and oxygen atoms in total. The summed E-state index contributed by atoms with van der Waals surface area (Å²) in [5, 5.41) is 3.06. The zero-order valence-corrected chi connectivity index (χ0v) is 17.4. The van der Waals surface area contributed by atoms with Gasteiger partial charge < -0.3 is 10.1 Å². The van der Waals surface area contributed by atoms with E-state index in [0.29, 0.717) is 5.02 Å². The second-order valence-electron chi connectivity index (χ2n) is 5.71. The molecule has 0 fully saturated rings. The number of hydrogen-bond acceptors (Lipinski definition) is 5. The molecule has 0 spiro atoms. The first-order valence-electron chi connectivity index (χ1n) is 8.11. The Hall–Kier alpha value is -2.29. The van der Waals surface area contributed by atoms with Gasteiger partial charge in [0.1, 0.15) is 6.54 Å². The highest BCUT2D eigenvalue weighted by Crippen LogP contribution is 2.23. The Labute approximate surface area is 173 Å². The average Bonchev–Trinajstić information content (AvgIpc) is 2.60. The maximum absolute atomic E-state index is 12.4. The molecule has 0 aliphatic carbocycles. The summed E-state index contributed by atoms with van der Waals surface area (Å²) in [6.07, 6.45) is 0.988. The van der Waals surface area contributed by atoms with Gasteiger partial charge in [0.15, 0.2) is 0 Å². The van der Waals surface area contributed by atoms with Crippen LogP contribution in [0.25, 0.3) is 0 Å². The summed E-state index contributed by atoms with van der Waals surface area (Å²) >= 11 is 11.9. The maximum Gasteiger partial charge on any atom is 0.339 e. The van der Waals surface area contributed by atoms with Gasteiger partial charge in [-0.2, -0.15) is 0 Å². The number of nitrogens with one attached hydrogen (secondary N) is 1. The maximum atomic E-state index is 12.4. The number of ether oxygens (including phenoxy) is 1. The number of esters is 1. The highest BCUT2D eigenvalue weighted by Gasteiger charge is 2.21. The Bertz CT molecular complexity index is 995. The molecule has 0 aromatic heterocycles. The van der Waals surface area contributed by atoms with Crippen LogP contribution in [0.2, 0.25) is 10.0 Å². The van der Waals surface area contributed by atoms with Crippen LogP contribution in [0.5, 0.6) is 0 Å². The number of hydrogen-bond donors (Lipinski definition) is 1. The van der Waals surface area contributed by atoms with Crippen molar-refractivity contribution < 1.29 is 22.7 Å². The predicted molar refractivity (Wildman–Crippen MR) is 110 cm³/mol. The summed E-state index contributed by atoms with van der Waals surface area (Å²) in [5.74, 6) is -1.23. The smallest absolute Gasteiger partial charge is 0.339 e. The predicted octanol–water partition coefficient (Wildman–Crippen LogP) is 3.57. The first-order valence-corrected chi connectivity index (χ1v) is 10.7. The second-order valence-corrected chi connectivity index (χ2v) is 8.46. The van der Waals surface area contributed by atoms with E-state index in [9.17, 15) is 18.0 Å². The molecular weight excluding hydrogens is 427 g/mol. The van der Waals surface area contributed by atoms with Crippen LogP contribution in [0.4, 0.5) is 11.4 Å². The van der Waals surface area contributed by atoms with E-state index in [1.54, 1.807) is 19.1 Å². The minimum atomic E-state index is -3.74. The molecule has 0 saturated carbocycles. The van der Waals surface area contributed by atoms with Crippen LogP contribution in [-0.2, 0) is 19.6 Å². The molecule has 10 heteroatoms. The van der Waals surface area contributed by atoms with Crippen molar-refractivity contribution in [2.75, 3.05) is 29.0 Å². The van der Waals surface area contributed by atoms with Gasteiger partial charge >= 0.3 is 5.97 Å². The van der Waals surface area contributed by atoms with Gasteiger partial charge in [0.05, 0.1) is 29.1 Å². The minimum absolute atomic E-state index is 0.0936. The van der Waals surface area contributed by atoms with Gasteiger partial charge in [-0.1, -0.05) is 29.3 Å². The Balaban J connectivity index is 2.22. The van der Waals surface area contributed by atoms with Gasteiger partial charge in [0.2, 0.25) is 15.9 Å². The van der Waals surface area contributed by atoms with E-state index in [1.807, 2.05) is 0 Å². The summed E-state index contributed by atoms with van der Waals surface area (Å²) < 4.78 is 30.1. The molecule has 0 heterocycles. The molecule has 2 aromatic carbocycles. The molecule has 0 bridgehead atoms. The van der Waals surface area contributed by atoms with E-state index in [4.69, 9.17) is 27.9 Å². The number of rotatable bonds is 7. The van der Waals surface area contributed by atoms with Crippen molar-refractivity contribution in [3.05, 3.63) is 58.1 Å². The van der Waals surface area contributed by atoms with Crippen molar-refractivity contribution in [3.8, 4) is 0 Å². The van der Waals surface area contributed by atoms with Crippen molar-refractivity contribution in [2.45, 2.75) is 6.92 Å². The molecule has 0 atom stereocenters. The fourth-order valence-corrected chi connectivity index (χ4v) is 3.56. The van der Waals surface area contributed by atoms with Crippen molar-refractivity contribution in [1.82, 2.24) is 0 Å². The van der Waals surface area contributed by atoms with Gasteiger partial charge in [-0.3, -0.25) is 9.10 Å². The standard InChI is InChI=1S/C18H18Cl2N2O5S/c1-3-27-18(24)15-10-13(7-8-16(15)20)21-17(23)11-22(28(2,25)26)14-6-4-5-12(19)9-14/h4-10H,3,11H2,1-2H3,(H,21,23). The lowest BCUT2D eigenvalue weighted by molar-refractivity contribution is -0.114. The molecule has 150 valence electrons. The third-order valence-electron chi connectivity index (χ3n) is 3.53. The Morgan fingerprint density at radius 2 is 1.86 bits per heavy atom. The van der Waals surface area contributed by atoms with Crippen molar-refractivity contribution in [3.63, 3.8) is 0 Å². The lowest BCUT2D eigenvalue weighted by Gasteiger charge is -2.22. The SMILES string of the molecule is CCOC(=O)c1cc(NC(=O)CN(c2cccc(Cl)c2)S(C)(=O)=O)ccc1Cl. The van der Waals surface area contributed by atoms with Crippen LogP contribution in [0.3, 0.4) is 0 Å². The summed E-state index contributed by atoms with van der Waals surface area (Å²) in [6, 6.07) is 10.4.